The van der Waals surface area contributed by atoms with Crippen molar-refractivity contribution in [1.29, 1.82) is 0 Å². The Bertz CT molecular complexity index is 204. The van der Waals surface area contributed by atoms with Crippen molar-refractivity contribution >= 4 is 11.6 Å². The van der Waals surface area contributed by atoms with E-state index < -0.39 is 0 Å². The maximum Gasteiger partial charge on any atom is 0.133 e. The highest BCUT2D eigenvalue weighted by molar-refractivity contribution is 5.79. The zero-order valence-corrected chi connectivity index (χ0v) is 8.63. The molecule has 0 aromatic carbocycles. The molecule has 1 rings (SSSR count). The first-order valence-corrected chi connectivity index (χ1v) is 5.47. The summed E-state index contributed by atoms with van der Waals surface area (Å²) in [5.41, 5.74) is 0. The van der Waals surface area contributed by atoms with E-state index in [9.17, 15) is 9.59 Å². The Labute approximate surface area is 85.4 Å². The van der Waals surface area contributed by atoms with E-state index in [0.717, 1.165) is 25.7 Å². The van der Waals surface area contributed by atoms with E-state index >= 15 is 0 Å². The van der Waals surface area contributed by atoms with Gasteiger partial charge in [-0.1, -0.05) is 12.2 Å². The molecule has 78 valence electrons. The fourth-order valence-electron chi connectivity index (χ4n) is 1.62. The van der Waals surface area contributed by atoms with Crippen LogP contribution in [-0.2, 0) is 9.59 Å². The molecule has 0 amide bonds. The Morgan fingerprint density at radius 3 is 1.57 bits per heavy atom. The van der Waals surface area contributed by atoms with Crippen molar-refractivity contribution in [2.45, 2.75) is 51.4 Å². The largest absolute Gasteiger partial charge is 0.300 e. The first-order chi connectivity index (χ1) is 6.79. The number of Topliss-reactive ketones (excluding diaryl/α,β-unsaturated/α-hetero) is 2. The number of hydrogen-bond acceptors (Lipinski definition) is 2. The Morgan fingerprint density at radius 1 is 0.714 bits per heavy atom. The van der Waals surface area contributed by atoms with E-state index in [2.05, 4.69) is 0 Å². The molecule has 14 heavy (non-hydrogen) atoms. The van der Waals surface area contributed by atoms with Gasteiger partial charge in [-0.25, -0.2) is 0 Å². The van der Waals surface area contributed by atoms with Crippen molar-refractivity contribution in [3.8, 4) is 0 Å². The molecule has 1 aliphatic rings. The third kappa shape index (κ3) is 4.95. The van der Waals surface area contributed by atoms with Crippen LogP contribution in [-0.4, -0.2) is 11.6 Å². The van der Waals surface area contributed by atoms with Crippen LogP contribution in [0.1, 0.15) is 51.4 Å². The minimum atomic E-state index is 0.336. The minimum absolute atomic E-state index is 0.336. The zero-order valence-electron chi connectivity index (χ0n) is 8.63. The van der Waals surface area contributed by atoms with E-state index in [-0.39, 0.29) is 0 Å². The Kier molecular flexibility index (Phi) is 5.20. The zero-order chi connectivity index (χ0) is 10.2. The fraction of sp³-hybridized carbons (Fsp3) is 0.667. The molecule has 0 unspecified atom stereocenters. The summed E-state index contributed by atoms with van der Waals surface area (Å²) in [6.07, 6.45) is 10.1. The lowest BCUT2D eigenvalue weighted by atomic mass is 10.0. The van der Waals surface area contributed by atoms with Crippen molar-refractivity contribution in [2.24, 2.45) is 0 Å². The number of rotatable bonds is 0. The molecule has 0 aliphatic heterocycles. The third-order valence-corrected chi connectivity index (χ3v) is 2.51. The number of allylic oxidation sites excluding steroid dienone is 2. The molecule has 0 bridgehead atoms. The van der Waals surface area contributed by atoms with Gasteiger partial charge in [-0.15, -0.1) is 0 Å². The second-order valence-electron chi connectivity index (χ2n) is 3.83. The monoisotopic (exact) mass is 194 g/mol. The minimum Gasteiger partial charge on any atom is -0.300 e. The molecule has 0 aromatic rings. The van der Waals surface area contributed by atoms with E-state index in [1.165, 1.54) is 0 Å². The van der Waals surface area contributed by atoms with Crippen LogP contribution < -0.4 is 0 Å². The Hall–Kier alpha value is -0.920. The highest BCUT2D eigenvalue weighted by Crippen LogP contribution is 2.09. The molecule has 0 aromatic heterocycles. The van der Waals surface area contributed by atoms with Gasteiger partial charge in [-0.2, -0.15) is 0 Å². The molecular weight excluding hydrogens is 176 g/mol. The van der Waals surface area contributed by atoms with Crippen molar-refractivity contribution in [3.63, 3.8) is 0 Å². The van der Waals surface area contributed by atoms with Crippen LogP contribution in [0.2, 0.25) is 0 Å². The summed E-state index contributed by atoms with van der Waals surface area (Å²) < 4.78 is 0. The number of ketones is 2. The molecule has 1 aliphatic carbocycles. The SMILES string of the molecule is O=C1CC/C=C\CCC(=O)CCCC1. The topological polar surface area (TPSA) is 34.1 Å². The molecule has 0 N–H and O–H groups in total. The third-order valence-electron chi connectivity index (χ3n) is 2.51. The van der Waals surface area contributed by atoms with Crippen molar-refractivity contribution < 1.29 is 9.59 Å². The Balaban J connectivity index is 2.37. The summed E-state index contributed by atoms with van der Waals surface area (Å²) in [5.74, 6) is 0.672. The summed E-state index contributed by atoms with van der Waals surface area (Å²) in [6, 6.07) is 0. The van der Waals surface area contributed by atoms with Gasteiger partial charge in [0.15, 0.2) is 0 Å². The maximum atomic E-state index is 11.3. The van der Waals surface area contributed by atoms with Crippen LogP contribution in [0.4, 0.5) is 0 Å². The lowest BCUT2D eigenvalue weighted by Crippen LogP contribution is -2.01. The van der Waals surface area contributed by atoms with Gasteiger partial charge < -0.3 is 0 Å². The van der Waals surface area contributed by atoms with Crippen LogP contribution in [0.25, 0.3) is 0 Å². The molecule has 0 radical (unpaired) electrons. The van der Waals surface area contributed by atoms with Gasteiger partial charge in [0.2, 0.25) is 0 Å². The quantitative estimate of drug-likeness (QED) is 0.556. The number of carbonyl (C=O) groups is 2. The molecule has 0 heterocycles. The maximum absolute atomic E-state index is 11.3. The lowest BCUT2D eigenvalue weighted by molar-refractivity contribution is -0.120. The summed E-state index contributed by atoms with van der Waals surface area (Å²) in [5, 5.41) is 0. The van der Waals surface area contributed by atoms with Crippen LogP contribution in [0.5, 0.6) is 0 Å². The van der Waals surface area contributed by atoms with Gasteiger partial charge in [0.05, 0.1) is 0 Å². The van der Waals surface area contributed by atoms with Crippen molar-refractivity contribution in [2.75, 3.05) is 0 Å². The summed E-state index contributed by atoms with van der Waals surface area (Å²) in [7, 11) is 0. The van der Waals surface area contributed by atoms with E-state index in [0.29, 0.717) is 37.2 Å². The van der Waals surface area contributed by atoms with Gasteiger partial charge in [-0.3, -0.25) is 9.59 Å². The lowest BCUT2D eigenvalue weighted by Gasteiger charge is -2.02. The molecule has 0 spiro atoms. The van der Waals surface area contributed by atoms with Crippen LogP contribution >= 0.6 is 0 Å². The van der Waals surface area contributed by atoms with Gasteiger partial charge >= 0.3 is 0 Å². The summed E-state index contributed by atoms with van der Waals surface area (Å²) in [6.45, 7) is 0. The molecule has 0 atom stereocenters. The normalized spacial score (nSPS) is 23.7. The molecule has 0 saturated heterocycles. The smallest absolute Gasteiger partial charge is 0.133 e. The van der Waals surface area contributed by atoms with Crippen LogP contribution in [0.15, 0.2) is 12.2 Å². The highest BCUT2D eigenvalue weighted by Gasteiger charge is 2.04. The van der Waals surface area contributed by atoms with Gasteiger partial charge in [0.25, 0.3) is 0 Å². The first-order valence-electron chi connectivity index (χ1n) is 5.47. The first kappa shape index (κ1) is 11.2. The van der Waals surface area contributed by atoms with Gasteiger partial charge in [-0.05, 0) is 25.7 Å². The fourth-order valence-corrected chi connectivity index (χ4v) is 1.62. The molecule has 2 nitrogen and oxygen atoms in total. The van der Waals surface area contributed by atoms with E-state index in [4.69, 9.17) is 0 Å². The predicted octanol–water partition coefficient (Wildman–Crippen LogP) is 2.82. The summed E-state index contributed by atoms with van der Waals surface area (Å²) in [4.78, 5) is 22.5. The van der Waals surface area contributed by atoms with E-state index in [1.54, 1.807) is 0 Å². The predicted molar refractivity (Wildman–Crippen MR) is 56.1 cm³/mol. The van der Waals surface area contributed by atoms with Crippen molar-refractivity contribution in [1.82, 2.24) is 0 Å². The second-order valence-corrected chi connectivity index (χ2v) is 3.83. The van der Waals surface area contributed by atoms with Crippen LogP contribution in [0, 0.1) is 0 Å². The Morgan fingerprint density at radius 2 is 1.14 bits per heavy atom. The van der Waals surface area contributed by atoms with Crippen molar-refractivity contribution in [3.05, 3.63) is 12.2 Å². The van der Waals surface area contributed by atoms with Crippen LogP contribution in [0.3, 0.4) is 0 Å². The van der Waals surface area contributed by atoms with Gasteiger partial charge in [0, 0.05) is 25.7 Å². The molecule has 2 heteroatoms. The van der Waals surface area contributed by atoms with E-state index in [1.807, 2.05) is 12.2 Å². The molecular formula is C12H18O2. The molecule has 0 fully saturated rings. The average molecular weight is 194 g/mol. The van der Waals surface area contributed by atoms with Gasteiger partial charge in [0.1, 0.15) is 11.6 Å². The molecule has 0 saturated carbocycles. The number of carbonyl (C=O) groups excluding carboxylic acids is 2. The number of hydrogen-bond donors (Lipinski definition) is 0. The standard InChI is InChI=1S/C12H18O2/c13-11-7-3-1-2-4-8-12(14)10-6-5-9-11/h1-2H,3-10H2/b2-1-. The second kappa shape index (κ2) is 6.52. The summed E-state index contributed by atoms with van der Waals surface area (Å²) >= 11 is 0. The highest BCUT2D eigenvalue weighted by atomic mass is 16.1. The average Bonchev–Trinajstić information content (AvgIpc) is 2.16.